The predicted octanol–water partition coefficient (Wildman–Crippen LogP) is 7.89. The van der Waals surface area contributed by atoms with Gasteiger partial charge in [-0.05, 0) is 57.8 Å². The molecule has 200 valence electrons. The van der Waals surface area contributed by atoms with Gasteiger partial charge in [0.05, 0.1) is 17.5 Å². The van der Waals surface area contributed by atoms with E-state index in [9.17, 15) is 26.7 Å². The van der Waals surface area contributed by atoms with Crippen molar-refractivity contribution in [3.8, 4) is 16.9 Å². The molecule has 1 unspecified atom stereocenters. The van der Waals surface area contributed by atoms with E-state index in [4.69, 9.17) is 4.74 Å². The average molecular weight is 558 g/mol. The van der Waals surface area contributed by atoms with Gasteiger partial charge in [0.25, 0.3) is 0 Å². The molecular formula is C29H20F5NO3S. The summed E-state index contributed by atoms with van der Waals surface area (Å²) in [5, 5.41) is 3.72. The number of carbonyl (C=O) groups excluding carboxylic acids is 1. The quantitative estimate of drug-likeness (QED) is 0.172. The second kappa shape index (κ2) is 11.0. The number of halogens is 5. The fraction of sp³-hybridized carbons (Fsp3) is 0.172. The predicted molar refractivity (Wildman–Crippen MR) is 136 cm³/mol. The lowest BCUT2D eigenvalue weighted by atomic mass is 9.90. The molecule has 0 aliphatic carbocycles. The lowest BCUT2D eigenvalue weighted by Gasteiger charge is -2.17. The summed E-state index contributed by atoms with van der Waals surface area (Å²) in [6.07, 6.45) is -4.79. The van der Waals surface area contributed by atoms with Crippen LogP contribution in [0.2, 0.25) is 0 Å². The highest BCUT2D eigenvalue weighted by Crippen LogP contribution is 2.39. The SMILES string of the molecule is O=C(OCc1ccsc1)[C@H]1CC(c2c(F)cccc2F)=NC1c1ccc(-c2ccc(OC(F)(F)F)cc2)cc1. The Morgan fingerprint density at radius 3 is 2.15 bits per heavy atom. The van der Waals surface area contributed by atoms with Gasteiger partial charge >= 0.3 is 12.3 Å². The molecule has 0 saturated heterocycles. The first-order chi connectivity index (χ1) is 18.7. The number of aliphatic imine (C=N–C) groups is 1. The summed E-state index contributed by atoms with van der Waals surface area (Å²) in [6.45, 7) is 0.0714. The van der Waals surface area contributed by atoms with E-state index in [0.29, 0.717) is 16.7 Å². The van der Waals surface area contributed by atoms with Crippen molar-refractivity contribution in [2.75, 3.05) is 0 Å². The van der Waals surface area contributed by atoms with Crippen molar-refractivity contribution in [3.63, 3.8) is 0 Å². The van der Waals surface area contributed by atoms with Gasteiger partial charge in [0.2, 0.25) is 0 Å². The molecule has 0 radical (unpaired) electrons. The Labute approximate surface area is 224 Å². The first kappa shape index (κ1) is 26.6. The fourth-order valence-electron chi connectivity index (χ4n) is 4.45. The van der Waals surface area contributed by atoms with Crippen LogP contribution in [0.15, 0.2) is 88.5 Å². The zero-order valence-electron chi connectivity index (χ0n) is 20.1. The summed E-state index contributed by atoms with van der Waals surface area (Å²) in [6, 6.07) is 17.0. The third kappa shape index (κ3) is 6.17. The number of benzene rings is 3. The summed E-state index contributed by atoms with van der Waals surface area (Å²) in [5.41, 5.74) is 2.68. The van der Waals surface area contributed by atoms with E-state index < -0.39 is 35.9 Å². The van der Waals surface area contributed by atoms with Gasteiger partial charge in [-0.25, -0.2) is 8.78 Å². The van der Waals surface area contributed by atoms with Crippen molar-refractivity contribution in [2.24, 2.45) is 10.9 Å². The van der Waals surface area contributed by atoms with E-state index in [1.165, 1.54) is 41.7 Å². The Morgan fingerprint density at radius 2 is 1.56 bits per heavy atom. The first-order valence-electron chi connectivity index (χ1n) is 11.8. The van der Waals surface area contributed by atoms with Crippen molar-refractivity contribution < 1.29 is 36.2 Å². The Morgan fingerprint density at radius 1 is 0.923 bits per heavy atom. The molecule has 0 N–H and O–H groups in total. The second-order valence-electron chi connectivity index (χ2n) is 8.86. The third-order valence-electron chi connectivity index (χ3n) is 6.28. The van der Waals surface area contributed by atoms with Gasteiger partial charge in [0, 0.05) is 17.7 Å². The molecule has 39 heavy (non-hydrogen) atoms. The normalized spacial score (nSPS) is 17.1. The number of esters is 1. The standard InChI is InChI=1S/C29H20F5NO3S/c30-23-2-1-3-24(31)26(23)25-14-22(28(36)37-15-17-12-13-39-16-17)27(35-25)20-6-4-18(5-7-20)19-8-10-21(11-9-19)38-29(32,33)34/h1-13,16,22,27H,14-15H2/t22-,27?/m0/s1. The van der Waals surface area contributed by atoms with Crippen molar-refractivity contribution in [2.45, 2.75) is 25.4 Å². The number of ether oxygens (including phenoxy) is 2. The van der Waals surface area contributed by atoms with Crippen LogP contribution < -0.4 is 4.74 Å². The van der Waals surface area contributed by atoms with Gasteiger partial charge in [-0.1, -0.05) is 42.5 Å². The van der Waals surface area contributed by atoms with Crippen molar-refractivity contribution in [3.05, 3.63) is 112 Å². The molecule has 5 rings (SSSR count). The number of alkyl halides is 3. The maximum absolute atomic E-state index is 14.5. The van der Waals surface area contributed by atoms with Gasteiger partial charge in [0.15, 0.2) is 0 Å². The topological polar surface area (TPSA) is 47.9 Å². The number of hydrogen-bond donors (Lipinski definition) is 0. The number of hydrogen-bond acceptors (Lipinski definition) is 5. The number of nitrogens with zero attached hydrogens (tertiary/aromatic N) is 1. The van der Waals surface area contributed by atoms with E-state index in [-0.39, 0.29) is 30.1 Å². The van der Waals surface area contributed by atoms with Crippen LogP contribution in [-0.4, -0.2) is 18.0 Å². The van der Waals surface area contributed by atoms with Crippen LogP contribution in [0, 0.1) is 17.6 Å². The highest BCUT2D eigenvalue weighted by molar-refractivity contribution is 7.07. The smallest absolute Gasteiger partial charge is 0.460 e. The Balaban J connectivity index is 1.41. The Bertz CT molecular complexity index is 1460. The molecule has 1 aliphatic rings. The molecule has 1 aromatic heterocycles. The van der Waals surface area contributed by atoms with E-state index in [0.717, 1.165) is 17.7 Å². The minimum Gasteiger partial charge on any atom is -0.460 e. The highest BCUT2D eigenvalue weighted by Gasteiger charge is 2.39. The molecule has 2 heterocycles. The molecule has 0 fully saturated rings. The van der Waals surface area contributed by atoms with E-state index in [1.54, 1.807) is 24.3 Å². The van der Waals surface area contributed by atoms with E-state index >= 15 is 0 Å². The number of carbonyl (C=O) groups is 1. The van der Waals surface area contributed by atoms with Crippen LogP contribution in [0.5, 0.6) is 5.75 Å². The van der Waals surface area contributed by atoms with E-state index in [2.05, 4.69) is 9.73 Å². The molecule has 4 aromatic rings. The van der Waals surface area contributed by atoms with Crippen LogP contribution in [-0.2, 0) is 16.1 Å². The summed E-state index contributed by atoms with van der Waals surface area (Å²) >= 11 is 1.47. The molecule has 0 spiro atoms. The number of rotatable bonds is 7. The van der Waals surface area contributed by atoms with Gasteiger partial charge in [0.1, 0.15) is 24.0 Å². The molecule has 4 nitrogen and oxygen atoms in total. The van der Waals surface area contributed by atoms with Crippen molar-refractivity contribution in [1.29, 1.82) is 0 Å². The largest absolute Gasteiger partial charge is 0.573 e. The van der Waals surface area contributed by atoms with Gasteiger partial charge in [-0.15, -0.1) is 13.2 Å². The summed E-state index contributed by atoms with van der Waals surface area (Å²) in [4.78, 5) is 17.7. The molecule has 0 amide bonds. The molecule has 3 aromatic carbocycles. The van der Waals surface area contributed by atoms with Gasteiger partial charge in [-0.3, -0.25) is 9.79 Å². The highest BCUT2D eigenvalue weighted by atomic mass is 32.1. The number of thiophene rings is 1. The minimum atomic E-state index is -4.78. The average Bonchev–Trinajstić information content (AvgIpc) is 3.58. The van der Waals surface area contributed by atoms with Crippen LogP contribution >= 0.6 is 11.3 Å². The van der Waals surface area contributed by atoms with Crippen LogP contribution in [0.1, 0.15) is 29.2 Å². The summed E-state index contributed by atoms with van der Waals surface area (Å²) in [5.74, 6) is -3.21. The lowest BCUT2D eigenvalue weighted by Crippen LogP contribution is -2.22. The molecule has 10 heteroatoms. The zero-order valence-corrected chi connectivity index (χ0v) is 20.9. The third-order valence-corrected chi connectivity index (χ3v) is 7.01. The zero-order chi connectivity index (χ0) is 27.6. The minimum absolute atomic E-state index is 0.00654. The van der Waals surface area contributed by atoms with Crippen molar-refractivity contribution in [1.82, 2.24) is 0 Å². The van der Waals surface area contributed by atoms with Crippen LogP contribution in [0.3, 0.4) is 0 Å². The first-order valence-corrected chi connectivity index (χ1v) is 12.8. The molecular weight excluding hydrogens is 537 g/mol. The van der Waals surface area contributed by atoms with Gasteiger partial charge in [-0.2, -0.15) is 11.3 Å². The monoisotopic (exact) mass is 557 g/mol. The van der Waals surface area contributed by atoms with E-state index in [1.807, 2.05) is 16.8 Å². The lowest BCUT2D eigenvalue weighted by molar-refractivity contribution is -0.274. The maximum Gasteiger partial charge on any atom is 0.573 e. The Hall–Kier alpha value is -4.05. The second-order valence-corrected chi connectivity index (χ2v) is 9.64. The van der Waals surface area contributed by atoms with Crippen molar-refractivity contribution >= 4 is 23.0 Å². The fourth-order valence-corrected chi connectivity index (χ4v) is 5.10. The van der Waals surface area contributed by atoms with Crippen LogP contribution in [0.4, 0.5) is 22.0 Å². The summed E-state index contributed by atoms with van der Waals surface area (Å²) in [7, 11) is 0. The molecule has 0 saturated carbocycles. The molecule has 1 aliphatic heterocycles. The molecule has 0 bridgehead atoms. The summed E-state index contributed by atoms with van der Waals surface area (Å²) < 4.78 is 75.8. The van der Waals surface area contributed by atoms with Gasteiger partial charge < -0.3 is 9.47 Å². The van der Waals surface area contributed by atoms with Crippen LogP contribution in [0.25, 0.3) is 11.1 Å². The maximum atomic E-state index is 14.5. The Kier molecular flexibility index (Phi) is 7.47. The molecule has 2 atom stereocenters.